The number of aryl methyl sites for hydroxylation is 1. The fourth-order valence-electron chi connectivity index (χ4n) is 3.89. The molecule has 5 aromatic rings. The average Bonchev–Trinajstić information content (AvgIpc) is 3.39. The summed E-state index contributed by atoms with van der Waals surface area (Å²) in [6.07, 6.45) is 3.50. The van der Waals surface area contributed by atoms with E-state index in [-0.39, 0.29) is 16.8 Å². The predicted octanol–water partition coefficient (Wildman–Crippen LogP) is 3.91. The SMILES string of the molecule is NC(=O)CCn1cc2cc(-c3cn(S(=O)(=O)c4ccccc4)c4cc(F)ccc34)ccc2n1. The van der Waals surface area contributed by atoms with Gasteiger partial charge in [0.05, 0.1) is 15.9 Å². The summed E-state index contributed by atoms with van der Waals surface area (Å²) in [4.78, 5) is 11.2. The van der Waals surface area contributed by atoms with Crippen molar-refractivity contribution in [3.8, 4) is 11.1 Å². The highest BCUT2D eigenvalue weighted by molar-refractivity contribution is 7.90. The van der Waals surface area contributed by atoms with Crippen LogP contribution in [0.2, 0.25) is 0 Å². The lowest BCUT2D eigenvalue weighted by Gasteiger charge is -2.07. The van der Waals surface area contributed by atoms with Crippen molar-refractivity contribution < 1.29 is 17.6 Å². The van der Waals surface area contributed by atoms with E-state index in [0.29, 0.717) is 17.5 Å². The van der Waals surface area contributed by atoms with E-state index < -0.39 is 21.7 Å². The van der Waals surface area contributed by atoms with Crippen molar-refractivity contribution in [2.24, 2.45) is 5.73 Å². The normalized spacial score (nSPS) is 11.9. The number of hydrogen-bond donors (Lipinski definition) is 1. The molecule has 1 amide bonds. The van der Waals surface area contributed by atoms with Crippen LogP contribution in [0.5, 0.6) is 0 Å². The molecule has 3 aromatic carbocycles. The Morgan fingerprint density at radius 2 is 1.79 bits per heavy atom. The number of primary amides is 1. The molecule has 166 valence electrons. The summed E-state index contributed by atoms with van der Waals surface area (Å²) in [6.45, 7) is 0.368. The maximum Gasteiger partial charge on any atom is 0.268 e. The summed E-state index contributed by atoms with van der Waals surface area (Å²) in [5.41, 5.74) is 7.62. The fourth-order valence-corrected chi connectivity index (χ4v) is 5.27. The van der Waals surface area contributed by atoms with Gasteiger partial charge in [-0.25, -0.2) is 16.8 Å². The van der Waals surface area contributed by atoms with Gasteiger partial charge in [-0.2, -0.15) is 5.10 Å². The highest BCUT2D eigenvalue weighted by atomic mass is 32.2. The van der Waals surface area contributed by atoms with E-state index in [2.05, 4.69) is 5.10 Å². The Bertz CT molecular complexity index is 1620. The Balaban J connectivity index is 1.66. The second-order valence-electron chi connectivity index (χ2n) is 7.70. The molecule has 9 heteroatoms. The third-order valence-corrected chi connectivity index (χ3v) is 7.17. The maximum absolute atomic E-state index is 14.1. The molecule has 0 radical (unpaired) electrons. The first-order chi connectivity index (χ1) is 15.8. The molecule has 0 saturated carbocycles. The molecule has 0 aliphatic rings. The number of rotatable bonds is 6. The second-order valence-corrected chi connectivity index (χ2v) is 9.52. The highest BCUT2D eigenvalue weighted by Crippen LogP contribution is 2.34. The van der Waals surface area contributed by atoms with Crippen molar-refractivity contribution in [1.82, 2.24) is 13.8 Å². The standard InChI is InChI=1S/C24H19FN4O3S/c25-18-7-8-20-21(15-29(23(20)13-18)33(31,32)19-4-2-1-3-5-19)16-6-9-22-17(12-16)14-28(27-22)11-10-24(26)30/h1-9,12-15H,10-11H2,(H2,26,30). The number of carbonyl (C=O) groups excluding carboxylic acids is 1. The van der Waals surface area contributed by atoms with Gasteiger partial charge in [-0.15, -0.1) is 0 Å². The lowest BCUT2D eigenvalue weighted by atomic mass is 10.0. The van der Waals surface area contributed by atoms with Crippen molar-refractivity contribution in [2.75, 3.05) is 0 Å². The van der Waals surface area contributed by atoms with Gasteiger partial charge < -0.3 is 5.73 Å². The van der Waals surface area contributed by atoms with E-state index in [1.807, 2.05) is 18.2 Å². The van der Waals surface area contributed by atoms with Gasteiger partial charge in [0.25, 0.3) is 10.0 Å². The molecule has 0 aliphatic heterocycles. The van der Waals surface area contributed by atoms with Crippen LogP contribution in [0.25, 0.3) is 32.9 Å². The molecule has 0 saturated heterocycles. The molecule has 5 rings (SSSR count). The molecule has 0 aliphatic carbocycles. The molecule has 2 N–H and O–H groups in total. The summed E-state index contributed by atoms with van der Waals surface area (Å²) in [5, 5.41) is 5.87. The molecular weight excluding hydrogens is 443 g/mol. The molecular formula is C24H19FN4O3S. The number of aromatic nitrogens is 3. The molecule has 0 atom stereocenters. The minimum absolute atomic E-state index is 0.115. The number of benzene rings is 3. The van der Waals surface area contributed by atoms with Gasteiger partial charge in [0, 0.05) is 41.7 Å². The van der Waals surface area contributed by atoms with Gasteiger partial charge in [0.15, 0.2) is 0 Å². The number of hydrogen-bond acceptors (Lipinski definition) is 4. The fraction of sp³-hybridized carbons (Fsp3) is 0.0833. The van der Waals surface area contributed by atoms with E-state index >= 15 is 0 Å². The number of nitrogens with two attached hydrogens (primary N) is 1. The van der Waals surface area contributed by atoms with Gasteiger partial charge in [-0.05, 0) is 48.0 Å². The first-order valence-electron chi connectivity index (χ1n) is 10.2. The number of halogens is 1. The minimum Gasteiger partial charge on any atom is -0.370 e. The minimum atomic E-state index is -3.93. The largest absolute Gasteiger partial charge is 0.370 e. The summed E-state index contributed by atoms with van der Waals surface area (Å²) in [5.74, 6) is -0.933. The van der Waals surface area contributed by atoms with E-state index in [4.69, 9.17) is 5.73 Å². The number of fused-ring (bicyclic) bond motifs is 2. The van der Waals surface area contributed by atoms with Crippen molar-refractivity contribution in [3.05, 3.63) is 84.9 Å². The summed E-state index contributed by atoms with van der Waals surface area (Å²) < 4.78 is 43.6. The molecule has 7 nitrogen and oxygen atoms in total. The van der Waals surface area contributed by atoms with Crippen LogP contribution in [-0.2, 0) is 21.4 Å². The van der Waals surface area contributed by atoms with Crippen LogP contribution in [0, 0.1) is 5.82 Å². The van der Waals surface area contributed by atoms with Gasteiger partial charge in [0.2, 0.25) is 5.91 Å². The lowest BCUT2D eigenvalue weighted by molar-refractivity contribution is -0.118. The lowest BCUT2D eigenvalue weighted by Crippen LogP contribution is -2.14. The van der Waals surface area contributed by atoms with Crippen molar-refractivity contribution in [3.63, 3.8) is 0 Å². The summed E-state index contributed by atoms with van der Waals surface area (Å²) >= 11 is 0. The van der Waals surface area contributed by atoms with Gasteiger partial charge in [-0.1, -0.05) is 24.3 Å². The molecule has 0 spiro atoms. The van der Waals surface area contributed by atoms with Crippen LogP contribution in [0.4, 0.5) is 4.39 Å². The van der Waals surface area contributed by atoms with E-state index in [9.17, 15) is 17.6 Å². The molecule has 0 bridgehead atoms. The van der Waals surface area contributed by atoms with Crippen molar-refractivity contribution in [2.45, 2.75) is 17.9 Å². The van der Waals surface area contributed by atoms with Crippen LogP contribution in [0.3, 0.4) is 0 Å². The average molecular weight is 463 g/mol. The molecule has 33 heavy (non-hydrogen) atoms. The second kappa shape index (κ2) is 7.86. The zero-order chi connectivity index (χ0) is 23.2. The van der Waals surface area contributed by atoms with E-state index in [1.165, 1.54) is 30.5 Å². The number of carbonyl (C=O) groups is 1. The van der Waals surface area contributed by atoms with Gasteiger partial charge >= 0.3 is 0 Å². The zero-order valence-corrected chi connectivity index (χ0v) is 18.2. The summed E-state index contributed by atoms with van der Waals surface area (Å²) in [6, 6.07) is 17.7. The molecule has 2 heterocycles. The summed E-state index contributed by atoms with van der Waals surface area (Å²) in [7, 11) is -3.93. The molecule has 2 aromatic heterocycles. The van der Waals surface area contributed by atoms with Gasteiger partial charge in [-0.3, -0.25) is 9.48 Å². The quantitative estimate of drug-likeness (QED) is 0.413. The maximum atomic E-state index is 14.1. The smallest absolute Gasteiger partial charge is 0.268 e. The topological polar surface area (TPSA) is 100.0 Å². The Morgan fingerprint density at radius 3 is 2.55 bits per heavy atom. The predicted molar refractivity (Wildman–Crippen MR) is 123 cm³/mol. The zero-order valence-electron chi connectivity index (χ0n) is 17.3. The molecule has 0 fully saturated rings. The highest BCUT2D eigenvalue weighted by Gasteiger charge is 2.22. The van der Waals surface area contributed by atoms with Crippen LogP contribution in [0.1, 0.15) is 6.42 Å². The van der Waals surface area contributed by atoms with Crippen LogP contribution in [0.15, 0.2) is 84.0 Å². The Labute approximate surface area is 188 Å². The Kier molecular flexibility index (Phi) is 4.98. The van der Waals surface area contributed by atoms with Crippen LogP contribution in [-0.4, -0.2) is 28.1 Å². The first-order valence-corrected chi connectivity index (χ1v) is 11.6. The Morgan fingerprint density at radius 1 is 1.00 bits per heavy atom. The number of nitrogens with zero attached hydrogens (tertiary/aromatic N) is 3. The third-order valence-electron chi connectivity index (χ3n) is 5.48. The van der Waals surface area contributed by atoms with Crippen molar-refractivity contribution in [1.29, 1.82) is 0 Å². The van der Waals surface area contributed by atoms with E-state index in [1.54, 1.807) is 35.1 Å². The van der Waals surface area contributed by atoms with Gasteiger partial charge in [0.1, 0.15) is 5.82 Å². The van der Waals surface area contributed by atoms with Crippen molar-refractivity contribution >= 4 is 37.7 Å². The molecule has 0 unspecified atom stereocenters. The van der Waals surface area contributed by atoms with Crippen LogP contribution >= 0.6 is 0 Å². The third kappa shape index (κ3) is 3.76. The monoisotopic (exact) mass is 462 g/mol. The van der Waals surface area contributed by atoms with E-state index in [0.717, 1.165) is 20.4 Å². The first kappa shape index (κ1) is 20.9. The van der Waals surface area contributed by atoms with Crippen LogP contribution < -0.4 is 5.73 Å². The number of amides is 1. The Hall–Kier alpha value is -3.98.